The highest BCUT2D eigenvalue weighted by molar-refractivity contribution is 8.00. The highest BCUT2D eigenvalue weighted by Gasteiger charge is 2.54. The summed E-state index contributed by atoms with van der Waals surface area (Å²) in [5.41, 5.74) is 5.99. The van der Waals surface area contributed by atoms with E-state index < -0.39 is 35.2 Å². The number of nitrogens with zero attached hydrogens (tertiary/aromatic N) is 2. The summed E-state index contributed by atoms with van der Waals surface area (Å²) in [4.78, 5) is 50.4. The molecule has 1 saturated heterocycles. The van der Waals surface area contributed by atoms with Crippen LogP contribution in [0.4, 0.5) is 10.5 Å². The summed E-state index contributed by atoms with van der Waals surface area (Å²) in [6.07, 6.45) is 3.31. The van der Waals surface area contributed by atoms with Gasteiger partial charge in [-0.05, 0) is 18.2 Å². The molecule has 1 fully saturated rings. The van der Waals surface area contributed by atoms with Crippen LogP contribution in [0.1, 0.15) is 0 Å². The van der Waals surface area contributed by atoms with Crippen LogP contribution in [0.15, 0.2) is 52.8 Å². The monoisotopic (exact) mass is 602 g/mol. The fourth-order valence-corrected chi connectivity index (χ4v) is 6.71. The average Bonchev–Trinajstić information content (AvgIpc) is 2.83. The Bertz CT molecular complexity index is 1340. The standard InChI is InChI=1S/C22H18Cl3N5O5S2/c23-12-4-14(25)15(5-13(12)24)36-9-16(31)28-17-19(32)30-18(21(33)34)10(8-37-20(17)30)6-29-3-1-2-11(7-29)27-22(26)35/h1-5,7,17,20H,6,8-9H2,(H4-,26,27,28,31,33,34,35)/p+1/t17-,20-/m1/s1. The maximum atomic E-state index is 12.9. The van der Waals surface area contributed by atoms with E-state index in [0.717, 1.165) is 11.8 Å². The van der Waals surface area contributed by atoms with Gasteiger partial charge in [-0.25, -0.2) is 9.59 Å². The zero-order valence-corrected chi connectivity index (χ0v) is 22.6. The molecule has 0 unspecified atom stereocenters. The first-order valence-corrected chi connectivity index (χ1v) is 13.7. The van der Waals surface area contributed by atoms with E-state index in [0.29, 0.717) is 37.0 Å². The molecule has 0 radical (unpaired) electrons. The molecular formula is C22H19Cl3N5O5S2+. The van der Waals surface area contributed by atoms with Gasteiger partial charge >= 0.3 is 12.0 Å². The fraction of sp³-hybridized carbons (Fsp3) is 0.227. The second-order valence-electron chi connectivity index (χ2n) is 7.95. The Labute approximate surface area is 234 Å². The lowest BCUT2D eigenvalue weighted by Gasteiger charge is -2.49. The second kappa shape index (κ2) is 11.4. The van der Waals surface area contributed by atoms with Gasteiger partial charge in [-0.1, -0.05) is 34.8 Å². The quantitative estimate of drug-likeness (QED) is 0.157. The van der Waals surface area contributed by atoms with E-state index >= 15 is 0 Å². The minimum atomic E-state index is -1.24. The SMILES string of the molecule is NC(=O)Nc1ccc[n+](CC2=C(C(=O)O)N3C(=O)[C@@H](NC(=O)CSc4cc(Cl)c(Cl)cc4Cl)[C@H]3SC2)c1. The first-order chi connectivity index (χ1) is 17.5. The number of β-lactam (4-membered cyclic amide) rings is 1. The zero-order chi connectivity index (χ0) is 26.9. The van der Waals surface area contributed by atoms with Crippen LogP contribution in [0.5, 0.6) is 0 Å². The normalized spacial score (nSPS) is 18.7. The Hall–Kier alpha value is -2.64. The van der Waals surface area contributed by atoms with E-state index in [1.807, 2.05) is 0 Å². The Morgan fingerprint density at radius 1 is 1.22 bits per heavy atom. The van der Waals surface area contributed by atoms with Crippen LogP contribution in [0, 0.1) is 0 Å². The van der Waals surface area contributed by atoms with Gasteiger partial charge in [-0.3, -0.25) is 14.5 Å². The number of halogens is 3. The molecule has 0 bridgehead atoms. The molecule has 5 N–H and O–H groups in total. The third-order valence-electron chi connectivity index (χ3n) is 5.40. The summed E-state index contributed by atoms with van der Waals surface area (Å²) < 4.78 is 1.68. The average molecular weight is 604 g/mol. The number of hydrogen-bond donors (Lipinski definition) is 4. The van der Waals surface area contributed by atoms with Crippen molar-refractivity contribution in [1.82, 2.24) is 10.2 Å². The van der Waals surface area contributed by atoms with Gasteiger partial charge in [0.15, 0.2) is 18.9 Å². The largest absolute Gasteiger partial charge is 0.477 e. The van der Waals surface area contributed by atoms with Crippen LogP contribution < -0.4 is 20.9 Å². The number of urea groups is 1. The number of amides is 4. The number of rotatable bonds is 8. The van der Waals surface area contributed by atoms with E-state index in [2.05, 4.69) is 10.6 Å². The molecule has 10 nitrogen and oxygen atoms in total. The zero-order valence-electron chi connectivity index (χ0n) is 18.7. The molecule has 4 amide bonds. The van der Waals surface area contributed by atoms with Crippen molar-refractivity contribution in [3.8, 4) is 0 Å². The molecule has 194 valence electrons. The van der Waals surface area contributed by atoms with Gasteiger partial charge in [0.25, 0.3) is 5.91 Å². The van der Waals surface area contributed by atoms with Crippen LogP contribution >= 0.6 is 58.3 Å². The maximum absolute atomic E-state index is 12.9. The minimum Gasteiger partial charge on any atom is -0.477 e. The summed E-state index contributed by atoms with van der Waals surface area (Å²) in [6.45, 7) is 0.178. The Kier molecular flexibility index (Phi) is 8.44. The fourth-order valence-electron chi connectivity index (χ4n) is 3.84. The van der Waals surface area contributed by atoms with Gasteiger partial charge in [-0.2, -0.15) is 4.57 Å². The molecule has 2 aromatic rings. The molecule has 15 heteroatoms. The summed E-state index contributed by atoms with van der Waals surface area (Å²) in [6, 6.07) is 4.78. The van der Waals surface area contributed by atoms with Crippen molar-refractivity contribution in [2.45, 2.75) is 22.9 Å². The molecule has 1 aromatic heterocycles. The number of benzene rings is 1. The van der Waals surface area contributed by atoms with E-state index in [1.165, 1.54) is 22.7 Å². The number of primary amides is 1. The van der Waals surface area contributed by atoms with Crippen LogP contribution in [0.25, 0.3) is 0 Å². The van der Waals surface area contributed by atoms with Crippen molar-refractivity contribution < 1.29 is 28.9 Å². The minimum absolute atomic E-state index is 0.0297. The number of carbonyl (C=O) groups is 4. The summed E-state index contributed by atoms with van der Waals surface area (Å²) in [7, 11) is 0. The highest BCUT2D eigenvalue weighted by Crippen LogP contribution is 2.40. The number of anilines is 1. The molecule has 37 heavy (non-hydrogen) atoms. The van der Waals surface area contributed by atoms with Crippen LogP contribution in [0.2, 0.25) is 15.1 Å². The van der Waals surface area contributed by atoms with Gasteiger partial charge < -0.3 is 21.5 Å². The number of aromatic nitrogens is 1. The molecular weight excluding hydrogens is 585 g/mol. The number of carbonyl (C=O) groups excluding carboxylic acids is 3. The van der Waals surface area contributed by atoms with Crippen molar-refractivity contribution in [3.63, 3.8) is 0 Å². The van der Waals surface area contributed by atoms with Crippen molar-refractivity contribution in [2.24, 2.45) is 5.73 Å². The molecule has 0 saturated carbocycles. The lowest BCUT2D eigenvalue weighted by Crippen LogP contribution is -2.70. The van der Waals surface area contributed by atoms with Crippen molar-refractivity contribution in [2.75, 3.05) is 16.8 Å². The maximum Gasteiger partial charge on any atom is 0.352 e. The number of nitrogens with two attached hydrogens (primary N) is 1. The number of carboxylic acid groups (broad SMARTS) is 1. The summed E-state index contributed by atoms with van der Waals surface area (Å²) in [5.74, 6) is -1.86. The van der Waals surface area contributed by atoms with E-state index in [1.54, 1.807) is 35.2 Å². The number of hydrogen-bond acceptors (Lipinski definition) is 6. The molecule has 3 heterocycles. The molecule has 4 rings (SSSR count). The molecule has 2 aliphatic heterocycles. The van der Waals surface area contributed by atoms with E-state index in [9.17, 15) is 24.3 Å². The Morgan fingerprint density at radius 3 is 2.65 bits per heavy atom. The van der Waals surface area contributed by atoms with Crippen molar-refractivity contribution in [1.29, 1.82) is 0 Å². The number of nitrogens with one attached hydrogen (secondary N) is 2. The lowest BCUT2D eigenvalue weighted by atomic mass is 10.0. The van der Waals surface area contributed by atoms with Gasteiger partial charge in [0.05, 0.1) is 20.8 Å². The van der Waals surface area contributed by atoms with Crippen LogP contribution in [-0.2, 0) is 20.9 Å². The number of carboxylic acids is 1. The Morgan fingerprint density at radius 2 is 1.95 bits per heavy atom. The van der Waals surface area contributed by atoms with E-state index in [-0.39, 0.29) is 18.0 Å². The highest BCUT2D eigenvalue weighted by atomic mass is 35.5. The third kappa shape index (κ3) is 6.10. The molecule has 2 aliphatic rings. The number of aliphatic carboxylic acids is 1. The van der Waals surface area contributed by atoms with Gasteiger partial charge in [-0.15, -0.1) is 23.5 Å². The lowest BCUT2D eigenvalue weighted by molar-refractivity contribution is -0.688. The van der Waals surface area contributed by atoms with Crippen molar-refractivity contribution >= 4 is 87.8 Å². The van der Waals surface area contributed by atoms with Crippen LogP contribution in [-0.4, -0.2) is 56.7 Å². The topological polar surface area (TPSA) is 146 Å². The summed E-state index contributed by atoms with van der Waals surface area (Å²) >= 11 is 20.6. The summed E-state index contributed by atoms with van der Waals surface area (Å²) in [5, 5.41) is 15.4. The number of fused-ring (bicyclic) bond motifs is 1. The first-order valence-electron chi connectivity index (χ1n) is 10.6. The molecule has 2 atom stereocenters. The number of pyridine rings is 1. The molecule has 0 aliphatic carbocycles. The smallest absolute Gasteiger partial charge is 0.352 e. The van der Waals surface area contributed by atoms with Gasteiger partial charge in [0, 0.05) is 22.3 Å². The van der Waals surface area contributed by atoms with Gasteiger partial charge in [0.1, 0.15) is 22.8 Å². The third-order valence-corrected chi connectivity index (χ3v) is 8.94. The first kappa shape index (κ1) is 27.4. The van der Waals surface area contributed by atoms with Crippen LogP contribution in [0.3, 0.4) is 0 Å². The second-order valence-corrected chi connectivity index (χ2v) is 11.3. The van der Waals surface area contributed by atoms with Gasteiger partial charge in [0.2, 0.25) is 5.91 Å². The Balaban J connectivity index is 1.43. The van der Waals surface area contributed by atoms with Crippen molar-refractivity contribution in [3.05, 3.63) is 63.0 Å². The van der Waals surface area contributed by atoms with E-state index in [4.69, 9.17) is 40.5 Å². The molecule has 1 aromatic carbocycles. The predicted octanol–water partition coefficient (Wildman–Crippen LogP) is 2.96. The number of thioether (sulfide) groups is 2. The predicted molar refractivity (Wildman–Crippen MR) is 142 cm³/mol. The molecule has 0 spiro atoms.